The van der Waals surface area contributed by atoms with E-state index in [9.17, 15) is 0 Å². The summed E-state index contributed by atoms with van der Waals surface area (Å²) in [7, 11) is 4.16. The van der Waals surface area contributed by atoms with Crippen LogP contribution in [-0.2, 0) is 0 Å². The van der Waals surface area contributed by atoms with Crippen LogP contribution in [0, 0.1) is 0 Å². The summed E-state index contributed by atoms with van der Waals surface area (Å²) in [6, 6.07) is 16.6. The highest BCUT2D eigenvalue weighted by Gasteiger charge is 2.22. The number of para-hydroxylation sites is 2. The largest absolute Gasteiger partial charge is 0.376 e. The van der Waals surface area contributed by atoms with Gasteiger partial charge in [0.15, 0.2) is 0 Å². The molecule has 0 bridgehead atoms. The molecule has 3 rings (SSSR count). The Balaban J connectivity index is 2.48. The summed E-state index contributed by atoms with van der Waals surface area (Å²) >= 11 is 0. The van der Waals surface area contributed by atoms with E-state index in [0.717, 1.165) is 11.0 Å². The van der Waals surface area contributed by atoms with Crippen molar-refractivity contribution in [1.82, 2.24) is 9.89 Å². The predicted octanol–water partition coefficient (Wildman–Crippen LogP) is 1.01. The number of hydrogen-bond acceptors (Lipinski definition) is 2. The SMILES string of the molecule is CN(C)C1=c2ccccc2=[N+]c2ccccc21. The van der Waals surface area contributed by atoms with Gasteiger partial charge in [0.25, 0.3) is 11.0 Å². The van der Waals surface area contributed by atoms with E-state index in [1.165, 1.54) is 16.5 Å². The molecule has 2 heteroatoms. The maximum absolute atomic E-state index is 4.69. The summed E-state index contributed by atoms with van der Waals surface area (Å²) in [5.41, 5.74) is 3.50. The Morgan fingerprint density at radius 2 is 1.59 bits per heavy atom. The minimum atomic E-state index is 1.05. The smallest absolute Gasteiger partial charge is 0.287 e. The van der Waals surface area contributed by atoms with E-state index in [4.69, 9.17) is 4.99 Å². The highest BCUT2D eigenvalue weighted by Crippen LogP contribution is 2.22. The molecule has 0 atom stereocenters. The van der Waals surface area contributed by atoms with E-state index < -0.39 is 0 Å². The van der Waals surface area contributed by atoms with Crippen molar-refractivity contribution >= 4 is 11.4 Å². The maximum atomic E-state index is 4.69. The molecule has 1 heterocycles. The Hall–Kier alpha value is -2.09. The van der Waals surface area contributed by atoms with Gasteiger partial charge in [-0.3, -0.25) is 0 Å². The fraction of sp³-hybridized carbons (Fsp3) is 0.133. The van der Waals surface area contributed by atoms with Gasteiger partial charge in [-0.15, -0.1) is 0 Å². The summed E-state index contributed by atoms with van der Waals surface area (Å²) in [6.45, 7) is 0. The Morgan fingerprint density at radius 1 is 0.882 bits per heavy atom. The molecule has 0 aromatic heterocycles. The molecule has 0 fully saturated rings. The Morgan fingerprint density at radius 3 is 2.41 bits per heavy atom. The van der Waals surface area contributed by atoms with Crippen LogP contribution in [0.4, 0.5) is 5.69 Å². The maximum Gasteiger partial charge on any atom is 0.287 e. The Bertz CT molecular complexity index is 684. The van der Waals surface area contributed by atoms with Crippen molar-refractivity contribution in [2.75, 3.05) is 14.1 Å². The lowest BCUT2D eigenvalue weighted by Crippen LogP contribution is -2.37. The highest BCUT2D eigenvalue weighted by atomic mass is 15.1. The topological polar surface area (TPSA) is 17.3 Å². The van der Waals surface area contributed by atoms with Crippen molar-refractivity contribution < 1.29 is 0 Å². The number of rotatable bonds is 1. The Kier molecular flexibility index (Phi) is 2.22. The van der Waals surface area contributed by atoms with E-state index in [1.807, 2.05) is 12.1 Å². The molecule has 1 aliphatic rings. The minimum Gasteiger partial charge on any atom is -0.376 e. The van der Waals surface area contributed by atoms with Crippen LogP contribution in [-0.4, -0.2) is 19.0 Å². The van der Waals surface area contributed by atoms with Crippen LogP contribution in [0.2, 0.25) is 0 Å². The third-order valence-corrected chi connectivity index (χ3v) is 3.01. The summed E-state index contributed by atoms with van der Waals surface area (Å²) in [5, 5.41) is 2.26. The number of benzene rings is 2. The second-order valence-corrected chi connectivity index (χ2v) is 4.39. The lowest BCUT2D eigenvalue weighted by Gasteiger charge is -2.17. The third kappa shape index (κ3) is 1.53. The van der Waals surface area contributed by atoms with Crippen molar-refractivity contribution in [1.29, 1.82) is 0 Å². The molecular formula is C15H14N2+. The normalized spacial score (nSPS) is 12.5. The van der Waals surface area contributed by atoms with Crippen LogP contribution >= 0.6 is 0 Å². The van der Waals surface area contributed by atoms with Gasteiger partial charge < -0.3 is 4.90 Å². The van der Waals surface area contributed by atoms with Gasteiger partial charge in [-0.05, 0) is 12.1 Å². The molecular weight excluding hydrogens is 208 g/mol. The summed E-state index contributed by atoms with van der Waals surface area (Å²) < 4.78 is 0. The minimum absolute atomic E-state index is 1.05. The first-order valence-electron chi connectivity index (χ1n) is 5.72. The van der Waals surface area contributed by atoms with Crippen LogP contribution < -0.4 is 15.6 Å². The molecule has 2 nitrogen and oxygen atoms in total. The van der Waals surface area contributed by atoms with Gasteiger partial charge in [-0.1, -0.05) is 24.3 Å². The second kappa shape index (κ2) is 3.74. The van der Waals surface area contributed by atoms with E-state index >= 15 is 0 Å². The fourth-order valence-corrected chi connectivity index (χ4v) is 2.30. The second-order valence-electron chi connectivity index (χ2n) is 4.39. The zero-order valence-electron chi connectivity index (χ0n) is 10.0. The molecule has 1 radical (unpaired) electrons. The van der Waals surface area contributed by atoms with Crippen molar-refractivity contribution in [2.24, 2.45) is 0 Å². The van der Waals surface area contributed by atoms with Gasteiger partial charge in [0.05, 0.1) is 21.5 Å². The van der Waals surface area contributed by atoms with Gasteiger partial charge in [0, 0.05) is 26.2 Å². The van der Waals surface area contributed by atoms with Gasteiger partial charge in [0.1, 0.15) is 0 Å². The van der Waals surface area contributed by atoms with Crippen molar-refractivity contribution in [3.63, 3.8) is 0 Å². The average molecular weight is 222 g/mol. The molecule has 0 spiro atoms. The predicted molar refractivity (Wildman–Crippen MR) is 69.2 cm³/mol. The lowest BCUT2D eigenvalue weighted by molar-refractivity contribution is 0.586. The average Bonchev–Trinajstić information content (AvgIpc) is 2.35. The van der Waals surface area contributed by atoms with Crippen LogP contribution in [0.5, 0.6) is 0 Å². The lowest BCUT2D eigenvalue weighted by atomic mass is 10.0. The zero-order chi connectivity index (χ0) is 11.8. The number of nitrogens with zero attached hydrogens (tertiary/aromatic N) is 2. The fourth-order valence-electron chi connectivity index (χ4n) is 2.30. The zero-order valence-corrected chi connectivity index (χ0v) is 10.0. The first kappa shape index (κ1) is 10.1. The van der Waals surface area contributed by atoms with E-state index in [-0.39, 0.29) is 0 Å². The number of fused-ring (bicyclic) bond motifs is 2. The van der Waals surface area contributed by atoms with Crippen LogP contribution in [0.25, 0.3) is 5.70 Å². The van der Waals surface area contributed by atoms with Gasteiger partial charge in [0.2, 0.25) is 0 Å². The van der Waals surface area contributed by atoms with E-state index in [2.05, 4.69) is 55.4 Å². The quantitative estimate of drug-likeness (QED) is 0.704. The standard InChI is InChI=1S/C15H14N2/c1-17(2)15-11-7-3-5-9-13(11)16-14-10-6-4-8-12(14)15/h3-10H,1-2H3/q+1. The van der Waals surface area contributed by atoms with E-state index in [1.54, 1.807) is 0 Å². The first-order chi connectivity index (χ1) is 8.27. The molecule has 0 saturated heterocycles. The molecule has 0 amide bonds. The van der Waals surface area contributed by atoms with Gasteiger partial charge in [-0.2, -0.15) is 0 Å². The monoisotopic (exact) mass is 222 g/mol. The summed E-state index contributed by atoms with van der Waals surface area (Å²) in [6.07, 6.45) is 0. The van der Waals surface area contributed by atoms with Crippen LogP contribution in [0.15, 0.2) is 48.5 Å². The Labute approximate surface area is 101 Å². The molecule has 1 aliphatic heterocycles. The number of hydrogen-bond donors (Lipinski definition) is 0. The van der Waals surface area contributed by atoms with Gasteiger partial charge in [-0.25, -0.2) is 0 Å². The van der Waals surface area contributed by atoms with Crippen LogP contribution in [0.1, 0.15) is 5.56 Å². The molecule has 0 N–H and O–H groups in total. The third-order valence-electron chi connectivity index (χ3n) is 3.01. The van der Waals surface area contributed by atoms with E-state index in [0.29, 0.717) is 0 Å². The summed E-state index contributed by atoms with van der Waals surface area (Å²) in [5.74, 6) is 0. The summed E-state index contributed by atoms with van der Waals surface area (Å²) in [4.78, 5) is 6.85. The first-order valence-corrected chi connectivity index (χ1v) is 5.72. The van der Waals surface area contributed by atoms with Crippen LogP contribution in [0.3, 0.4) is 0 Å². The van der Waals surface area contributed by atoms with Gasteiger partial charge >= 0.3 is 0 Å². The molecule has 0 unspecified atom stereocenters. The molecule has 2 aromatic rings. The molecule has 0 saturated carbocycles. The molecule has 17 heavy (non-hydrogen) atoms. The van der Waals surface area contributed by atoms with Crippen molar-refractivity contribution in [3.8, 4) is 0 Å². The van der Waals surface area contributed by atoms with Crippen molar-refractivity contribution in [2.45, 2.75) is 0 Å². The molecule has 2 aromatic carbocycles. The highest BCUT2D eigenvalue weighted by molar-refractivity contribution is 5.73. The van der Waals surface area contributed by atoms with Crippen molar-refractivity contribution in [3.05, 3.63) is 64.7 Å². The molecule has 0 aliphatic carbocycles. The molecule has 83 valence electrons.